The second-order valence-electron chi connectivity index (χ2n) is 5.45. The molecule has 0 atom stereocenters. The first kappa shape index (κ1) is 16.0. The number of hydrogen-bond donors (Lipinski definition) is 0. The van der Waals surface area contributed by atoms with Crippen LogP contribution in [0.3, 0.4) is 0 Å². The highest BCUT2D eigenvalue weighted by Crippen LogP contribution is 2.37. The van der Waals surface area contributed by atoms with Gasteiger partial charge in [-0.05, 0) is 12.8 Å². The fraction of sp³-hybridized carbons (Fsp3) is 0.643. The number of nitrogens with zero attached hydrogens (tertiary/aromatic N) is 3. The van der Waals surface area contributed by atoms with Crippen molar-refractivity contribution < 1.29 is 27.4 Å². The molecule has 0 aromatic carbocycles. The number of nitriles is 1. The third-order valence-corrected chi connectivity index (χ3v) is 3.87. The highest BCUT2D eigenvalue weighted by Gasteiger charge is 2.41. The molecule has 1 aliphatic carbocycles. The number of hydrogen-bond acceptors (Lipinski definition) is 6. The van der Waals surface area contributed by atoms with Gasteiger partial charge >= 0.3 is 6.18 Å². The Morgan fingerprint density at radius 2 is 1.87 bits per heavy atom. The van der Waals surface area contributed by atoms with Crippen molar-refractivity contribution in [3.05, 3.63) is 17.6 Å². The molecule has 124 valence electrons. The van der Waals surface area contributed by atoms with Gasteiger partial charge in [0.15, 0.2) is 5.79 Å². The van der Waals surface area contributed by atoms with Crippen molar-refractivity contribution in [2.75, 3.05) is 13.2 Å². The normalized spacial score (nSPS) is 21.3. The van der Waals surface area contributed by atoms with Crippen LogP contribution in [-0.4, -0.2) is 35.1 Å². The first-order valence-electron chi connectivity index (χ1n) is 7.21. The van der Waals surface area contributed by atoms with E-state index in [4.69, 9.17) is 19.5 Å². The summed E-state index contributed by atoms with van der Waals surface area (Å²) >= 11 is 0. The summed E-state index contributed by atoms with van der Waals surface area (Å²) < 4.78 is 54.9. The average molecular weight is 329 g/mol. The van der Waals surface area contributed by atoms with Crippen molar-refractivity contribution in [2.45, 2.75) is 43.8 Å². The molecule has 1 spiro atoms. The van der Waals surface area contributed by atoms with Crippen LogP contribution in [0, 0.1) is 11.3 Å². The van der Waals surface area contributed by atoms with Gasteiger partial charge in [0, 0.05) is 18.9 Å². The molecule has 0 N–H and O–H groups in total. The van der Waals surface area contributed by atoms with Crippen LogP contribution < -0.4 is 4.74 Å². The summed E-state index contributed by atoms with van der Waals surface area (Å²) in [6, 6.07) is 2.70. The van der Waals surface area contributed by atoms with E-state index in [-0.39, 0.29) is 17.7 Å². The number of halogens is 3. The van der Waals surface area contributed by atoms with Crippen molar-refractivity contribution in [2.24, 2.45) is 0 Å². The van der Waals surface area contributed by atoms with E-state index in [2.05, 4.69) is 9.97 Å². The lowest BCUT2D eigenvalue weighted by atomic mass is 9.92. The Kier molecular flexibility index (Phi) is 4.12. The van der Waals surface area contributed by atoms with Gasteiger partial charge in [-0.3, -0.25) is 0 Å². The van der Waals surface area contributed by atoms with E-state index in [0.29, 0.717) is 38.9 Å². The average Bonchev–Trinajstić information content (AvgIpc) is 2.97. The zero-order chi connectivity index (χ0) is 16.5. The van der Waals surface area contributed by atoms with Gasteiger partial charge < -0.3 is 14.2 Å². The van der Waals surface area contributed by atoms with Crippen LogP contribution in [0.2, 0.25) is 0 Å². The molecule has 2 fully saturated rings. The molecule has 23 heavy (non-hydrogen) atoms. The van der Waals surface area contributed by atoms with E-state index in [1.54, 1.807) is 6.07 Å². The minimum absolute atomic E-state index is 0.238. The van der Waals surface area contributed by atoms with Crippen molar-refractivity contribution in [1.82, 2.24) is 9.97 Å². The van der Waals surface area contributed by atoms with Crippen LogP contribution in [0.4, 0.5) is 13.2 Å². The second-order valence-corrected chi connectivity index (χ2v) is 5.45. The molecule has 1 saturated heterocycles. The van der Waals surface area contributed by atoms with Crippen LogP contribution in [0.15, 0.2) is 6.07 Å². The van der Waals surface area contributed by atoms with E-state index in [0.717, 1.165) is 6.07 Å². The van der Waals surface area contributed by atoms with Crippen molar-refractivity contribution in [1.29, 1.82) is 5.26 Å². The Balaban J connectivity index is 1.70. The Labute approximate surface area is 130 Å². The molecule has 1 aliphatic heterocycles. The molecule has 0 bridgehead atoms. The molecule has 1 aromatic rings. The first-order chi connectivity index (χ1) is 10.9. The molecule has 3 rings (SSSR count). The van der Waals surface area contributed by atoms with Crippen LogP contribution in [0.5, 0.6) is 5.88 Å². The Morgan fingerprint density at radius 1 is 1.22 bits per heavy atom. The third kappa shape index (κ3) is 3.54. The third-order valence-electron chi connectivity index (χ3n) is 3.87. The van der Waals surface area contributed by atoms with E-state index in [1.165, 1.54) is 0 Å². The standard InChI is InChI=1S/C14H14F3N3O3/c15-14(16,17)12-19-9(8-18)7-11(20-12)23-10-1-3-13(4-2-10)21-5-6-22-13/h7,10H,1-6H2. The van der Waals surface area contributed by atoms with Gasteiger partial charge in [0.2, 0.25) is 11.7 Å². The summed E-state index contributed by atoms with van der Waals surface area (Å²) in [7, 11) is 0. The van der Waals surface area contributed by atoms with Crippen molar-refractivity contribution in [3.8, 4) is 11.9 Å². The predicted molar refractivity (Wildman–Crippen MR) is 69.3 cm³/mol. The summed E-state index contributed by atoms with van der Waals surface area (Å²) in [6.07, 6.45) is -2.65. The number of ether oxygens (including phenoxy) is 3. The maximum Gasteiger partial charge on any atom is 0.451 e. The van der Waals surface area contributed by atoms with Crippen molar-refractivity contribution >= 4 is 0 Å². The number of alkyl halides is 3. The zero-order valence-electron chi connectivity index (χ0n) is 12.1. The second kappa shape index (κ2) is 5.94. The summed E-state index contributed by atoms with van der Waals surface area (Å²) in [4.78, 5) is 6.52. The van der Waals surface area contributed by atoms with E-state index >= 15 is 0 Å². The fourth-order valence-corrected chi connectivity index (χ4v) is 2.77. The van der Waals surface area contributed by atoms with Gasteiger partial charge in [0.05, 0.1) is 13.2 Å². The maximum atomic E-state index is 12.7. The summed E-state index contributed by atoms with van der Waals surface area (Å²) in [5.74, 6) is -2.18. The SMILES string of the molecule is N#Cc1cc(OC2CCC3(CC2)OCCO3)nc(C(F)(F)F)n1. The lowest BCUT2D eigenvalue weighted by molar-refractivity contribution is -0.186. The van der Waals surface area contributed by atoms with Gasteiger partial charge in [0.1, 0.15) is 17.9 Å². The Hall–Kier alpha value is -1.92. The molecule has 1 aromatic heterocycles. The van der Waals surface area contributed by atoms with Gasteiger partial charge in [-0.1, -0.05) is 0 Å². The van der Waals surface area contributed by atoms with E-state index in [1.807, 2.05) is 0 Å². The molecule has 6 nitrogen and oxygen atoms in total. The van der Waals surface area contributed by atoms with Crippen LogP contribution in [-0.2, 0) is 15.7 Å². The predicted octanol–water partition coefficient (Wildman–Crippen LogP) is 2.43. The molecule has 9 heteroatoms. The molecule has 1 saturated carbocycles. The lowest BCUT2D eigenvalue weighted by Crippen LogP contribution is -2.38. The molecular formula is C14H14F3N3O3. The Morgan fingerprint density at radius 3 is 2.43 bits per heavy atom. The van der Waals surface area contributed by atoms with Gasteiger partial charge in [0.25, 0.3) is 0 Å². The minimum Gasteiger partial charge on any atom is -0.474 e. The number of rotatable bonds is 2. The van der Waals surface area contributed by atoms with E-state index in [9.17, 15) is 13.2 Å². The number of aromatic nitrogens is 2. The fourth-order valence-electron chi connectivity index (χ4n) is 2.77. The molecule has 2 aliphatic rings. The smallest absolute Gasteiger partial charge is 0.451 e. The molecule has 0 amide bonds. The largest absolute Gasteiger partial charge is 0.474 e. The van der Waals surface area contributed by atoms with Crippen LogP contribution in [0.1, 0.15) is 37.2 Å². The molecule has 2 heterocycles. The van der Waals surface area contributed by atoms with E-state index < -0.39 is 17.8 Å². The molecule has 0 unspecified atom stereocenters. The monoisotopic (exact) mass is 329 g/mol. The first-order valence-corrected chi connectivity index (χ1v) is 7.21. The van der Waals surface area contributed by atoms with Gasteiger partial charge in [-0.25, -0.2) is 4.98 Å². The highest BCUT2D eigenvalue weighted by atomic mass is 19.4. The minimum atomic E-state index is -4.73. The van der Waals surface area contributed by atoms with Gasteiger partial charge in [-0.15, -0.1) is 0 Å². The topological polar surface area (TPSA) is 77.3 Å². The zero-order valence-corrected chi connectivity index (χ0v) is 12.1. The van der Waals surface area contributed by atoms with Crippen LogP contribution in [0.25, 0.3) is 0 Å². The van der Waals surface area contributed by atoms with Gasteiger partial charge in [-0.2, -0.15) is 23.4 Å². The lowest BCUT2D eigenvalue weighted by Gasteiger charge is -2.35. The maximum absolute atomic E-state index is 12.7. The summed E-state index contributed by atoms with van der Waals surface area (Å²) in [6.45, 7) is 1.11. The highest BCUT2D eigenvalue weighted by molar-refractivity contribution is 5.27. The Bertz CT molecular complexity index is 614. The molecule has 0 radical (unpaired) electrons. The van der Waals surface area contributed by atoms with Crippen molar-refractivity contribution in [3.63, 3.8) is 0 Å². The summed E-state index contributed by atoms with van der Waals surface area (Å²) in [5.41, 5.74) is -0.378. The van der Waals surface area contributed by atoms with Crippen LogP contribution >= 0.6 is 0 Å². The summed E-state index contributed by atoms with van der Waals surface area (Å²) in [5, 5.41) is 8.80. The molecular weight excluding hydrogens is 315 g/mol. The quantitative estimate of drug-likeness (QED) is 0.829.